The van der Waals surface area contributed by atoms with Crippen molar-refractivity contribution < 1.29 is 0 Å². The summed E-state index contributed by atoms with van der Waals surface area (Å²) in [5.41, 5.74) is 0. The van der Waals surface area contributed by atoms with Crippen molar-refractivity contribution in [2.75, 3.05) is 45.8 Å². The fraction of sp³-hybridized carbons (Fsp3) is 1.00. The van der Waals surface area contributed by atoms with E-state index in [9.17, 15) is 0 Å². The lowest BCUT2D eigenvalue weighted by molar-refractivity contribution is 0.217. The summed E-state index contributed by atoms with van der Waals surface area (Å²) in [6, 6.07) is 0.739. The normalized spacial score (nSPS) is 17.1. The number of nitrogens with zero attached hydrogens (tertiary/aromatic N) is 2. The van der Waals surface area contributed by atoms with E-state index in [-0.39, 0.29) is 0 Å². The highest BCUT2D eigenvalue weighted by atomic mass is 15.2. The lowest BCUT2D eigenvalue weighted by Gasteiger charge is -2.28. The van der Waals surface area contributed by atoms with Crippen molar-refractivity contribution >= 4 is 0 Å². The summed E-state index contributed by atoms with van der Waals surface area (Å²) >= 11 is 0. The Kier molecular flexibility index (Phi) is 9.49. The van der Waals surface area contributed by atoms with Gasteiger partial charge in [0.05, 0.1) is 0 Å². The average Bonchev–Trinajstić information content (AvgIpc) is 3.30. The van der Waals surface area contributed by atoms with Crippen LogP contribution in [0.25, 0.3) is 0 Å². The first kappa shape index (κ1) is 17.9. The van der Waals surface area contributed by atoms with Gasteiger partial charge in [-0.2, -0.15) is 0 Å². The maximum Gasteiger partial charge on any atom is 0.0223 e. The van der Waals surface area contributed by atoms with Crippen molar-refractivity contribution in [2.24, 2.45) is 5.92 Å². The Morgan fingerprint density at radius 1 is 0.950 bits per heavy atom. The number of nitrogens with one attached hydrogen (secondary N) is 1. The highest BCUT2D eigenvalue weighted by molar-refractivity contribution is 4.88. The van der Waals surface area contributed by atoms with E-state index in [1.54, 1.807) is 0 Å². The third-order valence-electron chi connectivity index (χ3n) is 4.59. The van der Waals surface area contributed by atoms with E-state index in [1.807, 2.05) is 0 Å². The molecule has 0 amide bonds. The predicted octanol–water partition coefficient (Wildman–Crippen LogP) is 2.82. The number of hydrogen-bond donors (Lipinski definition) is 1. The molecule has 1 atom stereocenters. The van der Waals surface area contributed by atoms with Crippen molar-refractivity contribution in [3.05, 3.63) is 0 Å². The largest absolute Gasteiger partial charge is 0.312 e. The molecule has 1 aliphatic rings. The molecule has 1 saturated carbocycles. The van der Waals surface area contributed by atoms with Crippen molar-refractivity contribution in [1.82, 2.24) is 15.1 Å². The number of rotatable bonds is 13. The van der Waals surface area contributed by atoms with E-state index < -0.39 is 0 Å². The van der Waals surface area contributed by atoms with Crippen LogP contribution in [0.3, 0.4) is 0 Å². The van der Waals surface area contributed by atoms with Gasteiger partial charge in [-0.05, 0) is 70.9 Å². The van der Waals surface area contributed by atoms with Gasteiger partial charge < -0.3 is 15.1 Å². The van der Waals surface area contributed by atoms with Crippen LogP contribution in [0.15, 0.2) is 0 Å². The Morgan fingerprint density at radius 2 is 1.55 bits per heavy atom. The topological polar surface area (TPSA) is 18.5 Å². The molecule has 0 aromatic carbocycles. The molecule has 3 heteroatoms. The first-order valence-corrected chi connectivity index (χ1v) is 8.93. The average molecular weight is 284 g/mol. The second-order valence-electron chi connectivity index (χ2n) is 6.17. The first-order valence-electron chi connectivity index (χ1n) is 8.93. The van der Waals surface area contributed by atoms with Gasteiger partial charge in [0.15, 0.2) is 0 Å². The van der Waals surface area contributed by atoms with Crippen LogP contribution in [-0.4, -0.2) is 61.7 Å². The second-order valence-corrected chi connectivity index (χ2v) is 6.17. The van der Waals surface area contributed by atoms with Crippen LogP contribution in [0.5, 0.6) is 0 Å². The molecular formula is C17H37N3. The lowest BCUT2D eigenvalue weighted by atomic mass is 10.1. The van der Waals surface area contributed by atoms with Crippen LogP contribution in [0.1, 0.15) is 53.4 Å². The van der Waals surface area contributed by atoms with Gasteiger partial charge in [0.1, 0.15) is 0 Å². The molecule has 0 aliphatic heterocycles. The van der Waals surface area contributed by atoms with Gasteiger partial charge in [-0.25, -0.2) is 0 Å². The summed E-state index contributed by atoms with van der Waals surface area (Å²) in [4.78, 5) is 5.18. The van der Waals surface area contributed by atoms with Crippen LogP contribution in [0, 0.1) is 5.92 Å². The maximum atomic E-state index is 3.77. The molecule has 0 radical (unpaired) electrons. The molecule has 1 N–H and O–H groups in total. The fourth-order valence-electron chi connectivity index (χ4n) is 2.92. The Balaban J connectivity index is 2.25. The van der Waals surface area contributed by atoms with Crippen molar-refractivity contribution in [1.29, 1.82) is 0 Å². The molecule has 0 spiro atoms. The number of likely N-dealkylation sites (N-methyl/N-ethyl adjacent to an activating group) is 1. The smallest absolute Gasteiger partial charge is 0.0223 e. The molecule has 0 saturated heterocycles. The predicted molar refractivity (Wildman–Crippen MR) is 89.3 cm³/mol. The highest BCUT2D eigenvalue weighted by Crippen LogP contribution is 2.33. The van der Waals surface area contributed by atoms with Crippen molar-refractivity contribution in [3.63, 3.8) is 0 Å². The molecule has 1 fully saturated rings. The van der Waals surface area contributed by atoms with Crippen LogP contribution in [-0.2, 0) is 0 Å². The molecule has 20 heavy (non-hydrogen) atoms. The molecule has 1 unspecified atom stereocenters. The molecule has 0 bridgehead atoms. The summed E-state index contributed by atoms with van der Waals surface area (Å²) in [6.07, 6.45) is 5.44. The molecule has 1 rings (SSSR count). The quantitative estimate of drug-likeness (QED) is 0.561. The van der Waals surface area contributed by atoms with Crippen molar-refractivity contribution in [3.8, 4) is 0 Å². The molecule has 0 heterocycles. The van der Waals surface area contributed by atoms with E-state index in [2.05, 4.69) is 42.8 Å². The Hall–Kier alpha value is -0.120. The molecule has 0 aromatic rings. The van der Waals surface area contributed by atoms with Crippen LogP contribution in [0.2, 0.25) is 0 Å². The maximum absolute atomic E-state index is 3.77. The SMILES string of the molecule is CCCNC(CN(CC)CCCN(CC)CC)C1CC1. The van der Waals surface area contributed by atoms with Crippen LogP contribution < -0.4 is 5.32 Å². The zero-order valence-electron chi connectivity index (χ0n) is 14.3. The summed E-state index contributed by atoms with van der Waals surface area (Å²) in [5.74, 6) is 0.957. The summed E-state index contributed by atoms with van der Waals surface area (Å²) in [5, 5.41) is 3.77. The first-order chi connectivity index (χ1) is 9.74. The molecule has 1 aliphatic carbocycles. The number of hydrogen-bond acceptors (Lipinski definition) is 3. The Bertz CT molecular complexity index is 224. The Labute approximate surface area is 127 Å². The van der Waals surface area contributed by atoms with E-state index in [0.29, 0.717) is 0 Å². The zero-order valence-corrected chi connectivity index (χ0v) is 14.3. The van der Waals surface area contributed by atoms with Gasteiger partial charge in [0.2, 0.25) is 0 Å². The van der Waals surface area contributed by atoms with Gasteiger partial charge in [-0.3, -0.25) is 0 Å². The van der Waals surface area contributed by atoms with E-state index in [0.717, 1.165) is 12.0 Å². The minimum Gasteiger partial charge on any atom is -0.312 e. The van der Waals surface area contributed by atoms with Crippen LogP contribution >= 0.6 is 0 Å². The lowest BCUT2D eigenvalue weighted by Crippen LogP contribution is -2.43. The summed E-state index contributed by atoms with van der Waals surface area (Å²) < 4.78 is 0. The molecule has 120 valence electrons. The molecular weight excluding hydrogens is 246 g/mol. The highest BCUT2D eigenvalue weighted by Gasteiger charge is 2.31. The summed E-state index contributed by atoms with van der Waals surface area (Å²) in [6.45, 7) is 17.6. The zero-order chi connectivity index (χ0) is 14.8. The van der Waals surface area contributed by atoms with Gasteiger partial charge in [0.25, 0.3) is 0 Å². The van der Waals surface area contributed by atoms with Gasteiger partial charge >= 0.3 is 0 Å². The van der Waals surface area contributed by atoms with Gasteiger partial charge in [-0.1, -0.05) is 27.7 Å². The van der Waals surface area contributed by atoms with E-state index in [4.69, 9.17) is 0 Å². The third kappa shape index (κ3) is 7.05. The van der Waals surface area contributed by atoms with E-state index in [1.165, 1.54) is 71.5 Å². The van der Waals surface area contributed by atoms with Crippen molar-refractivity contribution in [2.45, 2.75) is 59.4 Å². The van der Waals surface area contributed by atoms with Gasteiger partial charge in [0, 0.05) is 12.6 Å². The van der Waals surface area contributed by atoms with E-state index >= 15 is 0 Å². The molecule has 3 nitrogen and oxygen atoms in total. The third-order valence-corrected chi connectivity index (χ3v) is 4.59. The van der Waals surface area contributed by atoms with Gasteiger partial charge in [-0.15, -0.1) is 0 Å². The Morgan fingerprint density at radius 3 is 2.05 bits per heavy atom. The minimum absolute atomic E-state index is 0.739. The summed E-state index contributed by atoms with van der Waals surface area (Å²) in [7, 11) is 0. The molecule has 0 aromatic heterocycles. The monoisotopic (exact) mass is 283 g/mol. The fourth-order valence-corrected chi connectivity index (χ4v) is 2.92. The minimum atomic E-state index is 0.739. The standard InChI is InChI=1S/C17H37N3/c1-5-12-18-17(16-10-11-16)15-20(8-4)14-9-13-19(6-2)7-3/h16-18H,5-15H2,1-4H3. The van der Waals surface area contributed by atoms with Crippen LogP contribution in [0.4, 0.5) is 0 Å². The second kappa shape index (κ2) is 10.6.